The first-order chi connectivity index (χ1) is 13.8. The number of nitrogens with zero attached hydrogens (tertiary/aromatic N) is 2. The van der Waals surface area contributed by atoms with Gasteiger partial charge in [0, 0.05) is 13.1 Å². The Morgan fingerprint density at radius 3 is 2.57 bits per heavy atom. The van der Waals surface area contributed by atoms with Crippen LogP contribution in [0.15, 0.2) is 77.8 Å². The Kier molecular flexibility index (Phi) is 5.32. The average Bonchev–Trinajstić information content (AvgIpc) is 2.90. The predicted octanol–water partition coefficient (Wildman–Crippen LogP) is 4.31. The number of nitrogens with one attached hydrogen (secondary N) is 2. The molecule has 0 saturated carbocycles. The Balaban J connectivity index is 1.46. The third kappa shape index (κ3) is 3.88. The lowest BCUT2D eigenvalue weighted by Gasteiger charge is -2.09. The summed E-state index contributed by atoms with van der Waals surface area (Å²) in [6.07, 6.45) is 0. The van der Waals surface area contributed by atoms with Crippen LogP contribution in [0.5, 0.6) is 11.5 Å². The lowest BCUT2D eigenvalue weighted by Crippen LogP contribution is -2.20. The third-order valence-corrected chi connectivity index (χ3v) is 4.51. The maximum Gasteiger partial charge on any atom is 0.150 e. The molecule has 4 rings (SSSR count). The van der Waals surface area contributed by atoms with Crippen molar-refractivity contribution in [2.75, 3.05) is 18.4 Å². The number of fused-ring (bicyclic) bond motifs is 2. The SMILES string of the molecule is N#Cc1ccccc1CNCCN=C1Nc2ccccc2Oc2ccccc21. The smallest absolute Gasteiger partial charge is 0.150 e. The fourth-order valence-electron chi connectivity index (χ4n) is 3.10. The minimum Gasteiger partial charge on any atom is -0.454 e. The first-order valence-corrected chi connectivity index (χ1v) is 9.21. The molecule has 5 nitrogen and oxygen atoms in total. The molecule has 0 aliphatic carbocycles. The number of anilines is 1. The summed E-state index contributed by atoms with van der Waals surface area (Å²) in [7, 11) is 0. The molecule has 2 N–H and O–H groups in total. The van der Waals surface area contributed by atoms with E-state index in [4.69, 9.17) is 9.73 Å². The van der Waals surface area contributed by atoms with E-state index in [9.17, 15) is 5.26 Å². The van der Waals surface area contributed by atoms with Gasteiger partial charge in [0.2, 0.25) is 0 Å². The zero-order valence-electron chi connectivity index (χ0n) is 15.4. The number of nitriles is 1. The topological polar surface area (TPSA) is 69.4 Å². The van der Waals surface area contributed by atoms with Gasteiger partial charge >= 0.3 is 0 Å². The molecule has 1 aliphatic heterocycles. The van der Waals surface area contributed by atoms with Crippen molar-refractivity contribution in [1.82, 2.24) is 5.32 Å². The van der Waals surface area contributed by atoms with Crippen LogP contribution in [-0.2, 0) is 6.54 Å². The number of aliphatic imine (C=N–C) groups is 1. The van der Waals surface area contributed by atoms with E-state index >= 15 is 0 Å². The number of rotatable bonds is 5. The molecular weight excluding hydrogens is 348 g/mol. The average molecular weight is 368 g/mol. The van der Waals surface area contributed by atoms with Crippen LogP contribution in [0, 0.1) is 11.3 Å². The van der Waals surface area contributed by atoms with E-state index in [-0.39, 0.29) is 0 Å². The minimum absolute atomic E-state index is 0.605. The zero-order valence-corrected chi connectivity index (χ0v) is 15.4. The number of para-hydroxylation sites is 3. The fraction of sp³-hybridized carbons (Fsp3) is 0.130. The van der Waals surface area contributed by atoms with Gasteiger partial charge in [0.25, 0.3) is 0 Å². The highest BCUT2D eigenvalue weighted by molar-refractivity contribution is 6.11. The van der Waals surface area contributed by atoms with Gasteiger partial charge in [0.05, 0.1) is 29.4 Å². The molecule has 0 bridgehead atoms. The highest BCUT2D eigenvalue weighted by atomic mass is 16.5. The summed E-state index contributed by atoms with van der Waals surface area (Å²) < 4.78 is 6.05. The number of benzene rings is 3. The zero-order chi connectivity index (χ0) is 19.2. The van der Waals surface area contributed by atoms with Gasteiger partial charge in [-0.05, 0) is 35.9 Å². The normalized spacial score (nSPS) is 13.5. The van der Waals surface area contributed by atoms with Crippen LogP contribution in [0.4, 0.5) is 5.69 Å². The van der Waals surface area contributed by atoms with Crippen molar-refractivity contribution in [2.45, 2.75) is 6.54 Å². The van der Waals surface area contributed by atoms with Crippen molar-refractivity contribution in [3.63, 3.8) is 0 Å². The van der Waals surface area contributed by atoms with E-state index in [1.54, 1.807) is 0 Å². The van der Waals surface area contributed by atoms with Gasteiger partial charge in [-0.1, -0.05) is 42.5 Å². The van der Waals surface area contributed by atoms with Crippen LogP contribution in [0.3, 0.4) is 0 Å². The first-order valence-electron chi connectivity index (χ1n) is 9.21. The van der Waals surface area contributed by atoms with E-state index in [1.807, 2.05) is 72.8 Å². The van der Waals surface area contributed by atoms with Crippen molar-refractivity contribution < 1.29 is 4.74 Å². The molecule has 0 atom stereocenters. The highest BCUT2D eigenvalue weighted by Crippen LogP contribution is 2.35. The Bertz CT molecular complexity index is 1050. The molecule has 0 fully saturated rings. The van der Waals surface area contributed by atoms with E-state index in [1.165, 1.54) is 0 Å². The van der Waals surface area contributed by atoms with Gasteiger partial charge in [0.15, 0.2) is 5.75 Å². The molecule has 1 heterocycles. The number of ether oxygens (including phenoxy) is 1. The largest absolute Gasteiger partial charge is 0.454 e. The highest BCUT2D eigenvalue weighted by Gasteiger charge is 2.18. The Morgan fingerprint density at radius 1 is 0.929 bits per heavy atom. The van der Waals surface area contributed by atoms with Gasteiger partial charge in [-0.15, -0.1) is 0 Å². The summed E-state index contributed by atoms with van der Waals surface area (Å²) in [6.45, 7) is 1.95. The van der Waals surface area contributed by atoms with E-state index < -0.39 is 0 Å². The molecule has 0 aromatic heterocycles. The van der Waals surface area contributed by atoms with Crippen molar-refractivity contribution in [2.24, 2.45) is 4.99 Å². The van der Waals surface area contributed by atoms with Crippen molar-refractivity contribution in [3.05, 3.63) is 89.5 Å². The molecule has 138 valence electrons. The summed E-state index contributed by atoms with van der Waals surface area (Å²) in [5, 5.41) is 15.9. The third-order valence-electron chi connectivity index (χ3n) is 4.51. The van der Waals surface area contributed by atoms with Crippen LogP contribution >= 0.6 is 0 Å². The maximum absolute atomic E-state index is 9.17. The van der Waals surface area contributed by atoms with Gasteiger partial charge in [-0.3, -0.25) is 4.99 Å². The fourth-order valence-corrected chi connectivity index (χ4v) is 3.10. The molecule has 3 aromatic carbocycles. The van der Waals surface area contributed by atoms with E-state index in [2.05, 4.69) is 16.7 Å². The van der Waals surface area contributed by atoms with E-state index in [0.717, 1.165) is 34.1 Å². The van der Waals surface area contributed by atoms with Gasteiger partial charge in [0.1, 0.15) is 11.6 Å². The molecule has 0 saturated heterocycles. The van der Waals surface area contributed by atoms with Crippen molar-refractivity contribution in [1.29, 1.82) is 5.26 Å². The second-order valence-electron chi connectivity index (χ2n) is 6.40. The van der Waals surface area contributed by atoms with Crippen LogP contribution in [-0.4, -0.2) is 18.9 Å². The lowest BCUT2D eigenvalue weighted by molar-refractivity contribution is 0.486. The minimum atomic E-state index is 0.605. The summed E-state index contributed by atoms with van der Waals surface area (Å²) in [5.74, 6) is 2.36. The molecule has 0 unspecified atom stereocenters. The van der Waals surface area contributed by atoms with Crippen molar-refractivity contribution in [3.8, 4) is 17.6 Å². The van der Waals surface area contributed by atoms with Crippen molar-refractivity contribution >= 4 is 11.5 Å². The van der Waals surface area contributed by atoms with E-state index in [0.29, 0.717) is 25.2 Å². The summed E-state index contributed by atoms with van der Waals surface area (Å²) in [5.41, 5.74) is 3.54. The molecule has 5 heteroatoms. The standard InChI is InChI=1S/C23H20N4O/c24-15-17-7-1-2-8-18(17)16-25-13-14-26-23-19-9-3-5-11-21(19)28-22-12-6-4-10-20(22)27-23/h1-12,25H,13-14,16H2,(H,26,27). The second kappa shape index (κ2) is 8.38. The Morgan fingerprint density at radius 2 is 1.68 bits per heavy atom. The quantitative estimate of drug-likeness (QED) is 0.659. The number of hydrogen-bond acceptors (Lipinski definition) is 4. The predicted molar refractivity (Wildman–Crippen MR) is 111 cm³/mol. The van der Waals surface area contributed by atoms with Crippen LogP contribution < -0.4 is 15.4 Å². The first kappa shape index (κ1) is 17.8. The number of amidine groups is 1. The maximum atomic E-state index is 9.17. The molecule has 3 aromatic rings. The van der Waals surface area contributed by atoms with Gasteiger partial charge < -0.3 is 15.4 Å². The lowest BCUT2D eigenvalue weighted by atomic mass is 10.1. The van der Waals surface area contributed by atoms with Gasteiger partial charge in [-0.2, -0.15) is 5.26 Å². The Labute approximate surface area is 164 Å². The van der Waals surface area contributed by atoms with Crippen LogP contribution in [0.2, 0.25) is 0 Å². The second-order valence-corrected chi connectivity index (χ2v) is 6.40. The molecule has 1 aliphatic rings. The molecular formula is C23H20N4O. The molecule has 0 radical (unpaired) electrons. The van der Waals surface area contributed by atoms with Crippen LogP contribution in [0.1, 0.15) is 16.7 Å². The monoisotopic (exact) mass is 368 g/mol. The van der Waals surface area contributed by atoms with Crippen LogP contribution in [0.25, 0.3) is 0 Å². The molecule has 28 heavy (non-hydrogen) atoms. The summed E-state index contributed by atoms with van der Waals surface area (Å²) in [4.78, 5) is 4.76. The summed E-state index contributed by atoms with van der Waals surface area (Å²) in [6, 6.07) is 25.6. The Hall–Kier alpha value is -3.62. The molecule has 0 spiro atoms. The van der Waals surface area contributed by atoms with Gasteiger partial charge in [-0.25, -0.2) is 0 Å². The molecule has 0 amide bonds. The number of hydrogen-bond donors (Lipinski definition) is 2. The summed E-state index contributed by atoms with van der Waals surface area (Å²) >= 11 is 0.